The van der Waals surface area contributed by atoms with Gasteiger partial charge in [0, 0.05) is 38.8 Å². The van der Waals surface area contributed by atoms with Crippen molar-refractivity contribution >= 4 is 23.9 Å². The standard InChI is InChI=1S/C15H19N3O3/c1-13(20)18(14-5-3-2-4-6-14)11-15(21)17-9-7-16(12-19)8-10-17/h2-6,12H,7-11H2,1H3. The third-order valence-corrected chi connectivity index (χ3v) is 3.56. The molecule has 1 saturated heterocycles. The molecule has 0 N–H and O–H groups in total. The van der Waals surface area contributed by atoms with Gasteiger partial charge in [-0.3, -0.25) is 14.4 Å². The molecule has 0 unspecified atom stereocenters. The molecule has 1 aliphatic rings. The molecule has 0 radical (unpaired) electrons. The second-order valence-electron chi connectivity index (χ2n) is 4.96. The van der Waals surface area contributed by atoms with E-state index in [-0.39, 0.29) is 18.4 Å². The lowest BCUT2D eigenvalue weighted by Crippen LogP contribution is -2.51. The second-order valence-corrected chi connectivity index (χ2v) is 4.96. The van der Waals surface area contributed by atoms with Crippen LogP contribution in [-0.4, -0.2) is 60.7 Å². The van der Waals surface area contributed by atoms with Gasteiger partial charge in [0.2, 0.25) is 18.2 Å². The highest BCUT2D eigenvalue weighted by molar-refractivity contribution is 5.97. The Kier molecular flexibility index (Phi) is 4.92. The molecule has 6 nitrogen and oxygen atoms in total. The second kappa shape index (κ2) is 6.88. The van der Waals surface area contributed by atoms with Gasteiger partial charge in [0.1, 0.15) is 6.54 Å². The topological polar surface area (TPSA) is 60.9 Å². The van der Waals surface area contributed by atoms with E-state index in [9.17, 15) is 14.4 Å². The molecule has 0 saturated carbocycles. The van der Waals surface area contributed by atoms with Gasteiger partial charge in [0.15, 0.2) is 0 Å². The summed E-state index contributed by atoms with van der Waals surface area (Å²) in [6.45, 7) is 3.59. The smallest absolute Gasteiger partial charge is 0.242 e. The molecular weight excluding hydrogens is 270 g/mol. The summed E-state index contributed by atoms with van der Waals surface area (Å²) in [4.78, 5) is 39.5. The predicted octanol–water partition coefficient (Wildman–Crippen LogP) is 0.340. The average molecular weight is 289 g/mol. The number of hydrogen-bond acceptors (Lipinski definition) is 3. The van der Waals surface area contributed by atoms with Crippen LogP contribution in [0.5, 0.6) is 0 Å². The average Bonchev–Trinajstić information content (AvgIpc) is 2.53. The summed E-state index contributed by atoms with van der Waals surface area (Å²) in [6, 6.07) is 9.14. The maximum Gasteiger partial charge on any atom is 0.242 e. The van der Waals surface area contributed by atoms with Crippen molar-refractivity contribution in [3.8, 4) is 0 Å². The molecule has 0 bridgehead atoms. The van der Waals surface area contributed by atoms with Gasteiger partial charge in [-0.2, -0.15) is 0 Å². The highest BCUT2D eigenvalue weighted by Crippen LogP contribution is 2.14. The first-order valence-electron chi connectivity index (χ1n) is 6.92. The van der Waals surface area contributed by atoms with E-state index in [0.717, 1.165) is 6.41 Å². The molecule has 1 aromatic carbocycles. The van der Waals surface area contributed by atoms with Gasteiger partial charge in [-0.15, -0.1) is 0 Å². The fourth-order valence-corrected chi connectivity index (χ4v) is 2.30. The summed E-state index contributed by atoms with van der Waals surface area (Å²) >= 11 is 0. The lowest BCUT2D eigenvalue weighted by molar-refractivity contribution is -0.134. The molecule has 3 amide bonds. The van der Waals surface area contributed by atoms with E-state index >= 15 is 0 Å². The number of piperazine rings is 1. The number of carbonyl (C=O) groups is 3. The van der Waals surface area contributed by atoms with Crippen LogP contribution in [0.4, 0.5) is 5.69 Å². The number of para-hydroxylation sites is 1. The number of benzene rings is 1. The maximum absolute atomic E-state index is 12.3. The number of amides is 3. The van der Waals surface area contributed by atoms with Gasteiger partial charge in [-0.25, -0.2) is 0 Å². The normalized spacial score (nSPS) is 14.7. The minimum Gasteiger partial charge on any atom is -0.342 e. The van der Waals surface area contributed by atoms with Gasteiger partial charge < -0.3 is 14.7 Å². The molecule has 0 aliphatic carbocycles. The third kappa shape index (κ3) is 3.81. The molecule has 21 heavy (non-hydrogen) atoms. The number of anilines is 1. The van der Waals surface area contributed by atoms with Crippen LogP contribution in [0.25, 0.3) is 0 Å². The Morgan fingerprint density at radius 1 is 1.14 bits per heavy atom. The van der Waals surface area contributed by atoms with Crippen LogP contribution in [0.1, 0.15) is 6.92 Å². The van der Waals surface area contributed by atoms with E-state index in [0.29, 0.717) is 31.9 Å². The minimum absolute atomic E-state index is 0.0282. The van der Waals surface area contributed by atoms with Crippen LogP contribution in [0.15, 0.2) is 30.3 Å². The molecule has 0 aromatic heterocycles. The van der Waals surface area contributed by atoms with E-state index in [4.69, 9.17) is 0 Å². The maximum atomic E-state index is 12.3. The zero-order valence-corrected chi connectivity index (χ0v) is 12.1. The van der Waals surface area contributed by atoms with E-state index in [1.807, 2.05) is 18.2 Å². The van der Waals surface area contributed by atoms with Gasteiger partial charge >= 0.3 is 0 Å². The Bertz CT molecular complexity index is 510. The number of carbonyl (C=O) groups excluding carboxylic acids is 3. The van der Waals surface area contributed by atoms with E-state index < -0.39 is 0 Å². The number of nitrogens with zero attached hydrogens (tertiary/aromatic N) is 3. The van der Waals surface area contributed by atoms with Gasteiger partial charge in [0.05, 0.1) is 0 Å². The van der Waals surface area contributed by atoms with E-state index in [2.05, 4.69) is 0 Å². The van der Waals surface area contributed by atoms with E-state index in [1.165, 1.54) is 11.8 Å². The van der Waals surface area contributed by atoms with Crippen LogP contribution >= 0.6 is 0 Å². The highest BCUT2D eigenvalue weighted by Gasteiger charge is 2.23. The monoisotopic (exact) mass is 289 g/mol. The van der Waals surface area contributed by atoms with Gasteiger partial charge in [-0.1, -0.05) is 18.2 Å². The predicted molar refractivity (Wildman–Crippen MR) is 78.7 cm³/mol. The van der Waals surface area contributed by atoms with Gasteiger partial charge in [-0.05, 0) is 12.1 Å². The molecule has 1 heterocycles. The van der Waals surface area contributed by atoms with E-state index in [1.54, 1.807) is 21.9 Å². The zero-order valence-electron chi connectivity index (χ0n) is 12.1. The van der Waals surface area contributed by atoms with Crippen LogP contribution in [0.3, 0.4) is 0 Å². The van der Waals surface area contributed by atoms with Gasteiger partial charge in [0.25, 0.3) is 0 Å². The van der Waals surface area contributed by atoms with Crippen molar-refractivity contribution in [3.05, 3.63) is 30.3 Å². The summed E-state index contributed by atoms with van der Waals surface area (Å²) < 4.78 is 0. The molecule has 0 atom stereocenters. The highest BCUT2D eigenvalue weighted by atomic mass is 16.2. The number of rotatable bonds is 4. The summed E-state index contributed by atoms with van der Waals surface area (Å²) in [6.07, 6.45) is 0.799. The SMILES string of the molecule is CC(=O)N(CC(=O)N1CCN(C=O)CC1)c1ccccc1. The van der Waals surface area contributed by atoms with Crippen molar-refractivity contribution in [2.75, 3.05) is 37.6 Å². The molecule has 1 aliphatic heterocycles. The molecule has 6 heteroatoms. The Labute approximate surface area is 123 Å². The molecule has 112 valence electrons. The van der Waals surface area contributed by atoms with Crippen molar-refractivity contribution in [1.82, 2.24) is 9.80 Å². The molecule has 0 spiro atoms. The minimum atomic E-state index is -0.166. The molecule has 1 aromatic rings. The number of hydrogen-bond donors (Lipinski definition) is 0. The first kappa shape index (κ1) is 15.0. The summed E-state index contributed by atoms with van der Waals surface area (Å²) in [5, 5.41) is 0. The van der Waals surface area contributed by atoms with Crippen molar-refractivity contribution in [1.29, 1.82) is 0 Å². The fourth-order valence-electron chi connectivity index (χ4n) is 2.30. The Hall–Kier alpha value is -2.37. The molecular formula is C15H19N3O3. The van der Waals surface area contributed by atoms with Crippen LogP contribution in [-0.2, 0) is 14.4 Å². The third-order valence-electron chi connectivity index (χ3n) is 3.56. The lowest BCUT2D eigenvalue weighted by Gasteiger charge is -2.34. The van der Waals surface area contributed by atoms with Crippen LogP contribution in [0, 0.1) is 0 Å². The molecule has 1 fully saturated rings. The summed E-state index contributed by atoms with van der Waals surface area (Å²) in [5.41, 5.74) is 0.713. The Balaban J connectivity index is 1.99. The van der Waals surface area contributed by atoms with Crippen LogP contribution < -0.4 is 4.90 Å². The Morgan fingerprint density at radius 2 is 1.76 bits per heavy atom. The fraction of sp³-hybridized carbons (Fsp3) is 0.400. The van der Waals surface area contributed by atoms with Crippen LogP contribution in [0.2, 0.25) is 0 Å². The van der Waals surface area contributed by atoms with Crippen molar-refractivity contribution in [3.63, 3.8) is 0 Å². The summed E-state index contributed by atoms with van der Waals surface area (Å²) in [7, 11) is 0. The first-order chi connectivity index (χ1) is 10.1. The largest absolute Gasteiger partial charge is 0.342 e. The Morgan fingerprint density at radius 3 is 2.29 bits per heavy atom. The van der Waals surface area contributed by atoms with Crippen molar-refractivity contribution in [2.24, 2.45) is 0 Å². The van der Waals surface area contributed by atoms with Crippen molar-refractivity contribution < 1.29 is 14.4 Å². The zero-order chi connectivity index (χ0) is 15.2. The summed E-state index contributed by atoms with van der Waals surface area (Å²) in [5.74, 6) is -0.263. The molecule has 2 rings (SSSR count). The quantitative estimate of drug-likeness (QED) is 0.751. The van der Waals surface area contributed by atoms with Crippen molar-refractivity contribution in [2.45, 2.75) is 6.92 Å². The lowest BCUT2D eigenvalue weighted by atomic mass is 10.2. The first-order valence-corrected chi connectivity index (χ1v) is 6.92.